The molecule has 3 nitrogen and oxygen atoms in total. The summed E-state index contributed by atoms with van der Waals surface area (Å²) in [4.78, 5) is 13.8. The van der Waals surface area contributed by atoms with Crippen LogP contribution >= 0.6 is 11.6 Å². The van der Waals surface area contributed by atoms with Crippen molar-refractivity contribution in [2.24, 2.45) is 0 Å². The summed E-state index contributed by atoms with van der Waals surface area (Å²) in [5.74, 6) is 0.0578. The quantitative estimate of drug-likeness (QED) is 0.752. The van der Waals surface area contributed by atoms with Crippen molar-refractivity contribution in [3.63, 3.8) is 0 Å². The van der Waals surface area contributed by atoms with Crippen molar-refractivity contribution in [2.45, 2.75) is 6.04 Å². The number of alkyl halides is 1. The van der Waals surface area contributed by atoms with Crippen LogP contribution in [0.15, 0.2) is 30.3 Å². The van der Waals surface area contributed by atoms with Crippen LogP contribution in [-0.4, -0.2) is 37.5 Å². The number of Topliss-reactive ketones (excluding diaryl/α,β-unsaturated/α-hetero) is 1. The molecule has 2 rings (SSSR count). The second kappa shape index (κ2) is 5.32. The van der Waals surface area contributed by atoms with E-state index < -0.39 is 0 Å². The smallest absolute Gasteiger partial charge is 0.172 e. The Morgan fingerprint density at radius 2 is 2.19 bits per heavy atom. The highest BCUT2D eigenvalue weighted by atomic mass is 35.5. The summed E-state index contributed by atoms with van der Waals surface area (Å²) in [5.41, 5.74) is 1.05. The standard InChI is InChI=1S/C12H14ClNO2/c13-8-12(15)11-9-16-7-6-14(11)10-4-2-1-3-5-10/h1-5,11H,6-9H2/t11-/m1/s1. The molecule has 1 saturated heterocycles. The molecule has 0 unspecified atom stereocenters. The van der Waals surface area contributed by atoms with E-state index in [9.17, 15) is 4.79 Å². The van der Waals surface area contributed by atoms with Crippen LogP contribution in [0.1, 0.15) is 0 Å². The molecule has 1 aliphatic heterocycles. The molecular formula is C12H14ClNO2. The Morgan fingerprint density at radius 3 is 2.88 bits per heavy atom. The van der Waals surface area contributed by atoms with Gasteiger partial charge in [0.1, 0.15) is 6.04 Å². The Balaban J connectivity index is 2.20. The Labute approximate surface area is 100.0 Å². The van der Waals surface area contributed by atoms with Crippen LogP contribution in [0, 0.1) is 0 Å². The zero-order valence-electron chi connectivity index (χ0n) is 8.93. The predicted molar refractivity (Wildman–Crippen MR) is 64.1 cm³/mol. The van der Waals surface area contributed by atoms with Gasteiger partial charge in [0, 0.05) is 12.2 Å². The summed E-state index contributed by atoms with van der Waals surface area (Å²) in [7, 11) is 0. The van der Waals surface area contributed by atoms with E-state index in [-0.39, 0.29) is 17.7 Å². The maximum absolute atomic E-state index is 11.7. The molecule has 1 aromatic rings. The van der Waals surface area contributed by atoms with E-state index in [4.69, 9.17) is 16.3 Å². The number of hydrogen-bond donors (Lipinski definition) is 0. The van der Waals surface area contributed by atoms with Gasteiger partial charge in [-0.05, 0) is 12.1 Å². The molecular weight excluding hydrogens is 226 g/mol. The molecule has 0 bridgehead atoms. The minimum absolute atomic E-state index is 0.0187. The fraction of sp³-hybridized carbons (Fsp3) is 0.417. The average molecular weight is 240 g/mol. The number of hydrogen-bond acceptors (Lipinski definition) is 3. The number of rotatable bonds is 3. The second-order valence-electron chi connectivity index (χ2n) is 3.72. The average Bonchev–Trinajstić information content (AvgIpc) is 2.39. The molecule has 16 heavy (non-hydrogen) atoms. The van der Waals surface area contributed by atoms with Crippen molar-refractivity contribution in [1.29, 1.82) is 0 Å². The van der Waals surface area contributed by atoms with E-state index in [1.54, 1.807) is 0 Å². The van der Waals surface area contributed by atoms with Crippen molar-refractivity contribution < 1.29 is 9.53 Å². The van der Waals surface area contributed by atoms with E-state index in [2.05, 4.69) is 4.90 Å². The third-order valence-corrected chi connectivity index (χ3v) is 2.98. The Kier molecular flexibility index (Phi) is 3.80. The minimum atomic E-state index is -0.242. The molecule has 0 saturated carbocycles. The summed E-state index contributed by atoms with van der Waals surface area (Å²) >= 11 is 5.61. The van der Waals surface area contributed by atoms with Gasteiger partial charge in [0.15, 0.2) is 5.78 Å². The number of ketones is 1. The molecule has 1 aromatic carbocycles. The molecule has 1 atom stereocenters. The van der Waals surface area contributed by atoms with Crippen LogP contribution in [0.5, 0.6) is 0 Å². The van der Waals surface area contributed by atoms with Crippen LogP contribution in [-0.2, 0) is 9.53 Å². The van der Waals surface area contributed by atoms with Gasteiger partial charge in [-0.15, -0.1) is 11.6 Å². The molecule has 4 heteroatoms. The monoisotopic (exact) mass is 239 g/mol. The normalized spacial score (nSPS) is 20.8. The van der Waals surface area contributed by atoms with Gasteiger partial charge in [-0.3, -0.25) is 4.79 Å². The molecule has 0 radical (unpaired) electrons. The minimum Gasteiger partial charge on any atom is -0.377 e. The summed E-state index contributed by atoms with van der Waals surface area (Å²) in [6.07, 6.45) is 0. The summed E-state index contributed by atoms with van der Waals surface area (Å²) in [5, 5.41) is 0. The first kappa shape index (κ1) is 11.4. The third-order valence-electron chi connectivity index (χ3n) is 2.72. The molecule has 86 valence electrons. The molecule has 1 fully saturated rings. The number of anilines is 1. The Hall–Kier alpha value is -1.06. The lowest BCUT2D eigenvalue weighted by Crippen LogP contribution is -2.50. The fourth-order valence-electron chi connectivity index (χ4n) is 1.89. The molecule has 0 aromatic heterocycles. The number of nitrogens with zero attached hydrogens (tertiary/aromatic N) is 1. The molecule has 0 N–H and O–H groups in total. The Morgan fingerprint density at radius 1 is 1.44 bits per heavy atom. The summed E-state index contributed by atoms with van der Waals surface area (Å²) < 4.78 is 5.34. The van der Waals surface area contributed by atoms with Gasteiger partial charge >= 0.3 is 0 Å². The highest BCUT2D eigenvalue weighted by molar-refractivity contribution is 6.28. The first-order valence-corrected chi connectivity index (χ1v) is 5.84. The molecule has 0 amide bonds. The van der Waals surface area contributed by atoms with E-state index in [0.717, 1.165) is 12.2 Å². The van der Waals surface area contributed by atoms with Crippen LogP contribution < -0.4 is 4.90 Å². The first-order chi connectivity index (χ1) is 7.83. The first-order valence-electron chi connectivity index (χ1n) is 5.31. The van der Waals surface area contributed by atoms with E-state index >= 15 is 0 Å². The second-order valence-corrected chi connectivity index (χ2v) is 3.99. The van der Waals surface area contributed by atoms with E-state index in [1.165, 1.54) is 0 Å². The van der Waals surface area contributed by atoms with Crippen molar-refractivity contribution >= 4 is 23.1 Å². The highest BCUT2D eigenvalue weighted by Crippen LogP contribution is 2.19. The molecule has 1 heterocycles. The molecule has 0 spiro atoms. The Bertz CT molecular complexity index is 355. The van der Waals surface area contributed by atoms with Crippen LogP contribution in [0.3, 0.4) is 0 Å². The number of para-hydroxylation sites is 1. The van der Waals surface area contributed by atoms with Crippen molar-refractivity contribution in [3.8, 4) is 0 Å². The third kappa shape index (κ3) is 2.36. The van der Waals surface area contributed by atoms with Gasteiger partial charge in [-0.25, -0.2) is 0 Å². The van der Waals surface area contributed by atoms with Gasteiger partial charge < -0.3 is 9.64 Å². The number of halogens is 1. The molecule has 0 aliphatic carbocycles. The summed E-state index contributed by atoms with van der Waals surface area (Å²) in [6, 6.07) is 9.65. The van der Waals surface area contributed by atoms with Crippen molar-refractivity contribution in [1.82, 2.24) is 0 Å². The predicted octanol–water partition coefficient (Wildman–Crippen LogP) is 1.70. The van der Waals surface area contributed by atoms with Crippen LogP contribution in [0.4, 0.5) is 5.69 Å². The number of carbonyl (C=O) groups is 1. The van der Waals surface area contributed by atoms with Crippen LogP contribution in [0.2, 0.25) is 0 Å². The lowest BCUT2D eigenvalue weighted by atomic mass is 10.1. The number of benzene rings is 1. The number of morpholine rings is 1. The zero-order chi connectivity index (χ0) is 11.4. The fourth-order valence-corrected chi connectivity index (χ4v) is 2.07. The van der Waals surface area contributed by atoms with Crippen molar-refractivity contribution in [2.75, 3.05) is 30.5 Å². The highest BCUT2D eigenvalue weighted by Gasteiger charge is 2.28. The zero-order valence-corrected chi connectivity index (χ0v) is 9.69. The topological polar surface area (TPSA) is 29.5 Å². The maximum Gasteiger partial charge on any atom is 0.172 e. The largest absolute Gasteiger partial charge is 0.377 e. The van der Waals surface area contributed by atoms with Gasteiger partial charge in [-0.2, -0.15) is 0 Å². The van der Waals surface area contributed by atoms with Gasteiger partial charge in [0.2, 0.25) is 0 Å². The lowest BCUT2D eigenvalue weighted by Gasteiger charge is -2.36. The van der Waals surface area contributed by atoms with Crippen LogP contribution in [0.25, 0.3) is 0 Å². The van der Waals surface area contributed by atoms with E-state index in [1.807, 2.05) is 30.3 Å². The molecule has 1 aliphatic rings. The van der Waals surface area contributed by atoms with E-state index in [0.29, 0.717) is 13.2 Å². The SMILES string of the molecule is O=C(CCl)[C@H]1COCCN1c1ccccc1. The number of ether oxygens (including phenoxy) is 1. The maximum atomic E-state index is 11.7. The van der Waals surface area contributed by atoms with Crippen molar-refractivity contribution in [3.05, 3.63) is 30.3 Å². The summed E-state index contributed by atoms with van der Waals surface area (Å²) in [6.45, 7) is 1.82. The lowest BCUT2D eigenvalue weighted by molar-refractivity contribution is -0.120. The van der Waals surface area contributed by atoms with Gasteiger partial charge in [0.25, 0.3) is 0 Å². The van der Waals surface area contributed by atoms with Gasteiger partial charge in [-0.1, -0.05) is 18.2 Å². The van der Waals surface area contributed by atoms with Gasteiger partial charge in [0.05, 0.1) is 19.1 Å². The number of carbonyl (C=O) groups excluding carboxylic acids is 1.